The van der Waals surface area contributed by atoms with Crippen LogP contribution in [-0.4, -0.2) is 38.7 Å². The van der Waals surface area contributed by atoms with Gasteiger partial charge in [-0.25, -0.2) is 0 Å². The second-order valence-corrected chi connectivity index (χ2v) is 15.2. The highest BCUT2D eigenvalue weighted by atomic mass is 16.5. The lowest BCUT2D eigenvalue weighted by Gasteiger charge is -2.20. The molecular weight excluding hydrogens is 641 g/mol. The standard InChI is InChI=1S/C47H88N2O3/c1-6-11-14-17-20-23-26-29-32-35-38-50-44-41-43(47(48-9-4)49-10-5)42-45(51-39-36-33-30-27-24-21-18-15-12-7-2)46(44)52-40-37-34-31-28-25-22-19-16-13-8-3/h41-42H,6-40H2,1-5H3,(H,48,49). The zero-order valence-corrected chi connectivity index (χ0v) is 35.6. The van der Waals surface area contributed by atoms with E-state index in [9.17, 15) is 0 Å². The van der Waals surface area contributed by atoms with Gasteiger partial charge in [0.05, 0.1) is 19.8 Å². The number of ether oxygens (including phenoxy) is 3. The summed E-state index contributed by atoms with van der Waals surface area (Å²) in [6, 6.07) is 4.27. The first-order valence-electron chi connectivity index (χ1n) is 23.1. The molecule has 0 aliphatic heterocycles. The Kier molecular flexibility index (Phi) is 34.6. The van der Waals surface area contributed by atoms with Gasteiger partial charge in [-0.2, -0.15) is 0 Å². The minimum Gasteiger partial charge on any atom is -0.490 e. The molecule has 0 saturated heterocycles. The maximum atomic E-state index is 6.59. The van der Waals surface area contributed by atoms with Crippen molar-refractivity contribution in [3.05, 3.63) is 17.7 Å². The van der Waals surface area contributed by atoms with Crippen molar-refractivity contribution in [1.29, 1.82) is 0 Å². The van der Waals surface area contributed by atoms with Crippen molar-refractivity contribution in [2.45, 2.75) is 227 Å². The highest BCUT2D eigenvalue weighted by Gasteiger charge is 2.18. The maximum absolute atomic E-state index is 6.59. The summed E-state index contributed by atoms with van der Waals surface area (Å²) >= 11 is 0. The van der Waals surface area contributed by atoms with Crippen molar-refractivity contribution in [2.24, 2.45) is 4.99 Å². The third-order valence-corrected chi connectivity index (χ3v) is 10.2. The SMILES string of the molecule is CCCCCCCCCCCCOc1cc(C(=NCC)NCC)cc(OCCCCCCCCCCCC)c1OCCCCCCCCCCCC. The van der Waals surface area contributed by atoms with Crippen molar-refractivity contribution < 1.29 is 14.2 Å². The van der Waals surface area contributed by atoms with Gasteiger partial charge in [0.25, 0.3) is 0 Å². The molecule has 0 amide bonds. The Morgan fingerprint density at radius 2 is 0.731 bits per heavy atom. The molecule has 52 heavy (non-hydrogen) atoms. The third-order valence-electron chi connectivity index (χ3n) is 10.2. The summed E-state index contributed by atoms with van der Waals surface area (Å²) < 4.78 is 19.7. The van der Waals surface area contributed by atoms with E-state index in [0.29, 0.717) is 19.8 Å². The first kappa shape index (κ1) is 48.1. The minimum atomic E-state index is 0.697. The van der Waals surface area contributed by atoms with Crippen LogP contribution in [0.1, 0.15) is 233 Å². The van der Waals surface area contributed by atoms with Crippen molar-refractivity contribution >= 4 is 5.84 Å². The molecular formula is C47H88N2O3. The van der Waals surface area contributed by atoms with E-state index in [2.05, 4.69) is 52.1 Å². The lowest BCUT2D eigenvalue weighted by Crippen LogP contribution is -2.24. The average Bonchev–Trinajstić information content (AvgIpc) is 3.15. The van der Waals surface area contributed by atoms with Gasteiger partial charge in [-0.05, 0) is 45.2 Å². The summed E-state index contributed by atoms with van der Waals surface area (Å²) in [5, 5.41) is 3.49. The predicted octanol–water partition coefficient (Wildman–Crippen LogP) is 15.0. The first-order chi connectivity index (χ1) is 25.7. The van der Waals surface area contributed by atoms with Crippen LogP contribution in [0.15, 0.2) is 17.1 Å². The van der Waals surface area contributed by atoms with Gasteiger partial charge in [-0.15, -0.1) is 0 Å². The van der Waals surface area contributed by atoms with E-state index >= 15 is 0 Å². The second kappa shape index (κ2) is 37.4. The molecule has 1 aromatic carbocycles. The highest BCUT2D eigenvalue weighted by molar-refractivity contribution is 6.00. The Morgan fingerprint density at radius 1 is 0.423 bits per heavy atom. The van der Waals surface area contributed by atoms with Crippen LogP contribution in [0.4, 0.5) is 0 Å². The molecule has 1 aromatic rings. The van der Waals surface area contributed by atoms with E-state index in [1.54, 1.807) is 0 Å². The van der Waals surface area contributed by atoms with Crippen LogP contribution >= 0.6 is 0 Å². The molecule has 0 atom stereocenters. The smallest absolute Gasteiger partial charge is 0.203 e. The molecule has 1 rings (SSSR count). The van der Waals surface area contributed by atoms with Crippen LogP contribution in [0.5, 0.6) is 17.2 Å². The second-order valence-electron chi connectivity index (χ2n) is 15.2. The summed E-state index contributed by atoms with van der Waals surface area (Å²) in [7, 11) is 0. The molecule has 304 valence electrons. The molecule has 0 fully saturated rings. The lowest BCUT2D eigenvalue weighted by molar-refractivity contribution is 0.234. The van der Waals surface area contributed by atoms with Crippen LogP contribution in [0, 0.1) is 0 Å². The normalized spacial score (nSPS) is 11.7. The molecule has 1 N–H and O–H groups in total. The number of nitrogens with one attached hydrogen (secondary N) is 1. The fraction of sp³-hybridized carbons (Fsp3) is 0.851. The topological polar surface area (TPSA) is 52.1 Å². The summed E-state index contributed by atoms with van der Waals surface area (Å²) in [5.41, 5.74) is 1.02. The van der Waals surface area contributed by atoms with Gasteiger partial charge in [-0.3, -0.25) is 4.99 Å². The lowest BCUT2D eigenvalue weighted by atomic mass is 10.1. The van der Waals surface area contributed by atoms with E-state index in [1.165, 1.54) is 173 Å². The summed E-state index contributed by atoms with van der Waals surface area (Å²) in [6.45, 7) is 14.7. The van der Waals surface area contributed by atoms with Crippen LogP contribution in [0.2, 0.25) is 0 Å². The Morgan fingerprint density at radius 3 is 1.04 bits per heavy atom. The molecule has 5 heteroatoms. The molecule has 0 unspecified atom stereocenters. The zero-order valence-electron chi connectivity index (χ0n) is 35.6. The van der Waals surface area contributed by atoms with Crippen molar-refractivity contribution in [1.82, 2.24) is 5.32 Å². The molecule has 0 saturated carbocycles. The number of nitrogens with zero attached hydrogens (tertiary/aromatic N) is 1. The van der Waals surface area contributed by atoms with Gasteiger partial charge in [0, 0.05) is 18.7 Å². The van der Waals surface area contributed by atoms with Crippen LogP contribution in [-0.2, 0) is 0 Å². The van der Waals surface area contributed by atoms with E-state index in [4.69, 9.17) is 19.2 Å². The van der Waals surface area contributed by atoms with Gasteiger partial charge < -0.3 is 19.5 Å². The first-order valence-corrected chi connectivity index (χ1v) is 23.1. The number of amidine groups is 1. The molecule has 0 spiro atoms. The maximum Gasteiger partial charge on any atom is 0.203 e. The number of hydrogen-bond donors (Lipinski definition) is 1. The van der Waals surface area contributed by atoms with E-state index in [1.807, 2.05) is 0 Å². The average molecular weight is 729 g/mol. The molecule has 0 aromatic heterocycles. The molecule has 0 aliphatic rings. The molecule has 5 nitrogen and oxygen atoms in total. The molecule has 0 heterocycles. The Bertz CT molecular complexity index is 886. The van der Waals surface area contributed by atoms with Crippen molar-refractivity contribution in [3.8, 4) is 17.2 Å². The van der Waals surface area contributed by atoms with Crippen molar-refractivity contribution in [2.75, 3.05) is 32.9 Å². The van der Waals surface area contributed by atoms with Crippen molar-refractivity contribution in [3.63, 3.8) is 0 Å². The molecule has 0 bridgehead atoms. The van der Waals surface area contributed by atoms with Gasteiger partial charge >= 0.3 is 0 Å². The molecule has 0 aliphatic carbocycles. The monoisotopic (exact) mass is 729 g/mol. The number of benzene rings is 1. The van der Waals surface area contributed by atoms with Crippen LogP contribution in [0.25, 0.3) is 0 Å². The minimum absolute atomic E-state index is 0.697. The number of rotatable bonds is 39. The summed E-state index contributed by atoms with van der Waals surface area (Å²) in [4.78, 5) is 4.80. The summed E-state index contributed by atoms with van der Waals surface area (Å²) in [5.74, 6) is 3.30. The molecule has 0 radical (unpaired) electrons. The Balaban J connectivity index is 2.85. The summed E-state index contributed by atoms with van der Waals surface area (Å²) in [6.07, 6.45) is 39.5. The van der Waals surface area contributed by atoms with Gasteiger partial charge in [0.1, 0.15) is 5.84 Å². The highest BCUT2D eigenvalue weighted by Crippen LogP contribution is 2.40. The number of hydrogen-bond acceptors (Lipinski definition) is 4. The largest absolute Gasteiger partial charge is 0.490 e. The van der Waals surface area contributed by atoms with Gasteiger partial charge in [0.15, 0.2) is 11.5 Å². The third kappa shape index (κ3) is 26.8. The zero-order chi connectivity index (χ0) is 37.6. The Labute approximate surface area is 324 Å². The Hall–Kier alpha value is -1.91. The number of aliphatic imine (C=N–C) groups is 1. The van der Waals surface area contributed by atoms with E-state index in [0.717, 1.165) is 61.0 Å². The van der Waals surface area contributed by atoms with Gasteiger partial charge in [0.2, 0.25) is 5.75 Å². The fourth-order valence-corrected chi connectivity index (χ4v) is 6.95. The predicted molar refractivity (Wildman–Crippen MR) is 229 cm³/mol. The van der Waals surface area contributed by atoms with E-state index in [-0.39, 0.29) is 0 Å². The van der Waals surface area contributed by atoms with E-state index < -0.39 is 0 Å². The fourth-order valence-electron chi connectivity index (χ4n) is 6.95. The van der Waals surface area contributed by atoms with Crippen LogP contribution in [0.3, 0.4) is 0 Å². The quantitative estimate of drug-likeness (QED) is 0.0417. The number of unbranched alkanes of at least 4 members (excludes halogenated alkanes) is 27. The van der Waals surface area contributed by atoms with Crippen LogP contribution < -0.4 is 19.5 Å². The van der Waals surface area contributed by atoms with Gasteiger partial charge in [-0.1, -0.05) is 194 Å².